The fraction of sp³-hybridized carbons (Fsp3) is 0.188. The summed E-state index contributed by atoms with van der Waals surface area (Å²) in [6, 6.07) is 15.7. The molecule has 1 N–H and O–H groups in total. The van der Waals surface area contributed by atoms with E-state index in [0.717, 1.165) is 24.2 Å². The van der Waals surface area contributed by atoms with Crippen molar-refractivity contribution < 1.29 is 4.42 Å². The fourth-order valence-electron chi connectivity index (χ4n) is 1.98. The lowest BCUT2D eigenvalue weighted by Crippen LogP contribution is -2.17. The Kier molecular flexibility index (Phi) is 4.33. The first-order chi connectivity index (χ1) is 10.4. The highest BCUT2D eigenvalue weighted by atomic mass is 16.4. The lowest BCUT2D eigenvalue weighted by atomic mass is 10.2. The summed E-state index contributed by atoms with van der Waals surface area (Å²) in [4.78, 5) is 4.28. The van der Waals surface area contributed by atoms with Crippen molar-refractivity contribution >= 4 is 0 Å². The van der Waals surface area contributed by atoms with E-state index in [0.29, 0.717) is 18.3 Å². The summed E-state index contributed by atoms with van der Waals surface area (Å²) >= 11 is 0. The van der Waals surface area contributed by atoms with Crippen LogP contribution in [0.4, 0.5) is 0 Å². The van der Waals surface area contributed by atoms with E-state index in [1.807, 2.05) is 48.5 Å². The summed E-state index contributed by atoms with van der Waals surface area (Å²) in [5.41, 5.74) is 2.00. The minimum absolute atomic E-state index is 0.553. The molecule has 2 aromatic heterocycles. The van der Waals surface area contributed by atoms with Crippen LogP contribution in [0.2, 0.25) is 0 Å². The largest absolute Gasteiger partial charge is 0.419 e. The number of pyridine rings is 1. The molecule has 3 rings (SSSR count). The predicted molar refractivity (Wildman–Crippen MR) is 79.4 cm³/mol. The minimum Gasteiger partial charge on any atom is -0.419 e. The first kappa shape index (κ1) is 13.5. The Labute approximate surface area is 123 Å². The van der Waals surface area contributed by atoms with Crippen molar-refractivity contribution in [3.05, 3.63) is 66.3 Å². The van der Waals surface area contributed by atoms with E-state index in [-0.39, 0.29) is 0 Å². The first-order valence-electron chi connectivity index (χ1n) is 6.90. The van der Waals surface area contributed by atoms with Gasteiger partial charge in [-0.3, -0.25) is 4.98 Å². The average molecular weight is 280 g/mol. The molecule has 0 radical (unpaired) electrons. The number of rotatable bonds is 6. The van der Waals surface area contributed by atoms with Crippen LogP contribution in [0, 0.1) is 0 Å². The highest BCUT2D eigenvalue weighted by molar-refractivity contribution is 5.51. The molecule has 0 atom stereocenters. The second kappa shape index (κ2) is 6.76. The molecule has 0 aliphatic heterocycles. The lowest BCUT2D eigenvalue weighted by molar-refractivity contribution is 0.478. The Morgan fingerprint density at radius 2 is 1.81 bits per heavy atom. The van der Waals surface area contributed by atoms with Crippen LogP contribution in [0.15, 0.2) is 59.1 Å². The molecule has 0 fully saturated rings. The van der Waals surface area contributed by atoms with Gasteiger partial charge in [-0.25, -0.2) is 0 Å². The molecule has 0 aliphatic rings. The van der Waals surface area contributed by atoms with Crippen LogP contribution in [0.3, 0.4) is 0 Å². The minimum atomic E-state index is 0.553. The number of aromatic nitrogens is 3. The molecule has 3 aromatic rings. The summed E-state index contributed by atoms with van der Waals surface area (Å²) in [6.07, 6.45) is 2.68. The summed E-state index contributed by atoms with van der Waals surface area (Å²) in [6.45, 7) is 1.38. The maximum absolute atomic E-state index is 5.62. The molecule has 0 spiro atoms. The van der Waals surface area contributed by atoms with Gasteiger partial charge >= 0.3 is 0 Å². The van der Waals surface area contributed by atoms with Crippen LogP contribution >= 0.6 is 0 Å². The second-order valence-electron chi connectivity index (χ2n) is 4.61. The van der Waals surface area contributed by atoms with E-state index in [1.54, 1.807) is 6.20 Å². The van der Waals surface area contributed by atoms with Crippen LogP contribution in [0.1, 0.15) is 11.6 Å². The molecule has 0 bridgehead atoms. The number of nitrogens with zero attached hydrogens (tertiary/aromatic N) is 3. The van der Waals surface area contributed by atoms with E-state index >= 15 is 0 Å². The van der Waals surface area contributed by atoms with Gasteiger partial charge in [0.15, 0.2) is 0 Å². The van der Waals surface area contributed by atoms with E-state index in [1.165, 1.54) is 0 Å². The average Bonchev–Trinajstić information content (AvgIpc) is 3.02. The highest BCUT2D eigenvalue weighted by Gasteiger charge is 2.07. The number of nitrogens with one attached hydrogen (secondary N) is 1. The molecular weight excluding hydrogens is 264 g/mol. The molecule has 5 heteroatoms. The molecule has 2 heterocycles. The Morgan fingerprint density at radius 3 is 2.62 bits per heavy atom. The quantitative estimate of drug-likeness (QED) is 0.703. The van der Waals surface area contributed by atoms with Gasteiger partial charge in [0.25, 0.3) is 0 Å². The van der Waals surface area contributed by atoms with Crippen molar-refractivity contribution in [1.82, 2.24) is 20.5 Å². The third kappa shape index (κ3) is 3.73. The van der Waals surface area contributed by atoms with E-state index in [4.69, 9.17) is 4.42 Å². The van der Waals surface area contributed by atoms with Gasteiger partial charge in [0.2, 0.25) is 11.8 Å². The Hall–Kier alpha value is -2.53. The Bertz CT molecular complexity index is 667. The predicted octanol–water partition coefficient (Wildman–Crippen LogP) is 2.46. The molecule has 0 unspecified atom stereocenters. The van der Waals surface area contributed by atoms with Crippen LogP contribution in [0.25, 0.3) is 11.5 Å². The maximum atomic E-state index is 5.62. The van der Waals surface area contributed by atoms with E-state index < -0.39 is 0 Å². The van der Waals surface area contributed by atoms with Gasteiger partial charge in [-0.2, -0.15) is 0 Å². The van der Waals surface area contributed by atoms with E-state index in [2.05, 4.69) is 20.5 Å². The number of hydrogen-bond acceptors (Lipinski definition) is 5. The molecule has 0 amide bonds. The molecule has 106 valence electrons. The van der Waals surface area contributed by atoms with Gasteiger partial charge in [0.05, 0.1) is 6.54 Å². The summed E-state index contributed by atoms with van der Waals surface area (Å²) < 4.78 is 5.62. The fourth-order valence-corrected chi connectivity index (χ4v) is 1.98. The number of hydrogen-bond donors (Lipinski definition) is 1. The van der Waals surface area contributed by atoms with Crippen LogP contribution in [-0.2, 0) is 13.0 Å². The first-order valence-corrected chi connectivity index (χ1v) is 6.90. The standard InChI is InChI=1S/C16H16N4O/c1-2-6-13(7-3-1)16-20-19-15(21-16)12-17-11-9-14-8-4-5-10-18-14/h1-8,10,17H,9,11-12H2. The summed E-state index contributed by atoms with van der Waals surface area (Å²) in [5, 5.41) is 11.4. The van der Waals surface area contributed by atoms with Crippen molar-refractivity contribution in [2.45, 2.75) is 13.0 Å². The maximum Gasteiger partial charge on any atom is 0.247 e. The molecule has 0 aliphatic carbocycles. The Balaban J connectivity index is 1.49. The lowest BCUT2D eigenvalue weighted by Gasteiger charge is -2.01. The molecule has 5 nitrogen and oxygen atoms in total. The molecular formula is C16H16N4O. The molecule has 21 heavy (non-hydrogen) atoms. The van der Waals surface area contributed by atoms with Crippen LogP contribution < -0.4 is 5.32 Å². The van der Waals surface area contributed by atoms with Crippen molar-refractivity contribution in [2.75, 3.05) is 6.54 Å². The Morgan fingerprint density at radius 1 is 0.952 bits per heavy atom. The third-order valence-electron chi connectivity index (χ3n) is 3.05. The SMILES string of the molecule is c1ccc(-c2nnc(CNCCc3ccccn3)o2)cc1. The van der Waals surface area contributed by atoms with Crippen LogP contribution in [-0.4, -0.2) is 21.7 Å². The smallest absolute Gasteiger partial charge is 0.247 e. The third-order valence-corrected chi connectivity index (χ3v) is 3.05. The van der Waals surface area contributed by atoms with Gasteiger partial charge in [-0.1, -0.05) is 24.3 Å². The summed E-state index contributed by atoms with van der Waals surface area (Å²) in [7, 11) is 0. The van der Waals surface area contributed by atoms with Gasteiger partial charge < -0.3 is 9.73 Å². The van der Waals surface area contributed by atoms with Crippen molar-refractivity contribution in [2.24, 2.45) is 0 Å². The topological polar surface area (TPSA) is 63.8 Å². The van der Waals surface area contributed by atoms with Crippen LogP contribution in [0.5, 0.6) is 0 Å². The van der Waals surface area contributed by atoms with Crippen molar-refractivity contribution in [3.63, 3.8) is 0 Å². The van der Waals surface area contributed by atoms with Gasteiger partial charge in [-0.15, -0.1) is 10.2 Å². The highest BCUT2D eigenvalue weighted by Crippen LogP contribution is 2.16. The van der Waals surface area contributed by atoms with Gasteiger partial charge in [0.1, 0.15) is 0 Å². The molecule has 0 saturated carbocycles. The zero-order valence-corrected chi connectivity index (χ0v) is 11.6. The molecule has 1 aromatic carbocycles. The zero-order valence-electron chi connectivity index (χ0n) is 11.6. The van der Waals surface area contributed by atoms with Crippen molar-refractivity contribution in [1.29, 1.82) is 0 Å². The monoisotopic (exact) mass is 280 g/mol. The van der Waals surface area contributed by atoms with Gasteiger partial charge in [0, 0.05) is 30.4 Å². The second-order valence-corrected chi connectivity index (χ2v) is 4.61. The zero-order chi connectivity index (χ0) is 14.3. The van der Waals surface area contributed by atoms with E-state index in [9.17, 15) is 0 Å². The summed E-state index contributed by atoms with van der Waals surface area (Å²) in [5.74, 6) is 1.15. The normalized spacial score (nSPS) is 10.7. The molecule has 0 saturated heterocycles. The van der Waals surface area contributed by atoms with Gasteiger partial charge in [-0.05, 0) is 24.3 Å². The van der Waals surface area contributed by atoms with Crippen molar-refractivity contribution in [3.8, 4) is 11.5 Å². The number of benzene rings is 1.